The molecule has 1 aromatic rings. The Morgan fingerprint density at radius 3 is 2.24 bits per heavy atom. The van der Waals surface area contributed by atoms with Gasteiger partial charge in [0, 0.05) is 26.2 Å². The Morgan fingerprint density at radius 2 is 1.76 bits per heavy atom. The van der Waals surface area contributed by atoms with Gasteiger partial charge in [-0.05, 0) is 25.5 Å². The number of alkyl halides is 2. The maximum Gasteiger partial charge on any atom is 0.289 e. The average molecular weight is 331 g/mol. The number of nitrogens with zero attached hydrogens (tertiary/aromatic N) is 2. The molecule has 2 fully saturated rings. The molecule has 0 unspecified atom stereocenters. The minimum absolute atomic E-state index is 0.0300. The Labute approximate surface area is 132 Å². The lowest BCUT2D eigenvalue weighted by Crippen LogP contribution is -2.52. The molecule has 0 spiro atoms. The van der Waals surface area contributed by atoms with E-state index in [1.807, 2.05) is 0 Å². The quantitative estimate of drug-likeness (QED) is 0.781. The predicted octanol–water partition coefficient (Wildman–Crippen LogP) is 2.15. The molecule has 2 amide bonds. The molecule has 7 heteroatoms. The summed E-state index contributed by atoms with van der Waals surface area (Å²) in [6.45, 7) is 3.74. The Balaban J connectivity index is 1.59. The summed E-state index contributed by atoms with van der Waals surface area (Å²) in [7, 11) is 0. The number of halogens is 2. The second-order valence-electron chi connectivity index (χ2n) is 5.78. The number of carbonyl (C=O) groups is 2. The molecule has 114 valence electrons. The van der Waals surface area contributed by atoms with Crippen LogP contribution in [0.15, 0.2) is 22.8 Å². The first-order chi connectivity index (χ1) is 9.85. The molecule has 21 heavy (non-hydrogen) atoms. The topological polar surface area (TPSA) is 53.8 Å². The van der Waals surface area contributed by atoms with Crippen LogP contribution in [0.2, 0.25) is 0 Å². The van der Waals surface area contributed by atoms with Crippen molar-refractivity contribution in [3.63, 3.8) is 0 Å². The summed E-state index contributed by atoms with van der Waals surface area (Å²) >= 11 is 12.1. The van der Waals surface area contributed by atoms with Gasteiger partial charge in [0.1, 0.15) is 4.33 Å². The van der Waals surface area contributed by atoms with Crippen molar-refractivity contribution in [2.75, 3.05) is 26.2 Å². The van der Waals surface area contributed by atoms with Gasteiger partial charge in [-0.25, -0.2) is 0 Å². The lowest BCUT2D eigenvalue weighted by Gasteiger charge is -2.36. The highest BCUT2D eigenvalue weighted by Gasteiger charge is 2.68. The molecule has 0 N–H and O–H groups in total. The van der Waals surface area contributed by atoms with Gasteiger partial charge in [0.05, 0.1) is 11.7 Å². The first kappa shape index (κ1) is 14.7. The lowest BCUT2D eigenvalue weighted by atomic mass is 10.1. The van der Waals surface area contributed by atoms with E-state index in [1.165, 1.54) is 6.26 Å². The van der Waals surface area contributed by atoms with Crippen LogP contribution in [-0.4, -0.2) is 52.1 Å². The van der Waals surface area contributed by atoms with Crippen molar-refractivity contribution in [2.24, 2.45) is 5.41 Å². The number of furan rings is 1. The minimum atomic E-state index is -0.953. The minimum Gasteiger partial charge on any atom is -0.459 e. The van der Waals surface area contributed by atoms with Crippen LogP contribution in [0.1, 0.15) is 23.9 Å². The third-order valence-electron chi connectivity index (χ3n) is 4.32. The SMILES string of the molecule is C[C@@]1(C(=O)N2CCN(C(=O)c3ccco3)CC2)CC1(Cl)Cl. The van der Waals surface area contributed by atoms with E-state index < -0.39 is 9.75 Å². The second-order valence-corrected chi connectivity index (χ2v) is 7.26. The first-order valence-corrected chi connectivity index (χ1v) is 7.61. The molecule has 2 heterocycles. The van der Waals surface area contributed by atoms with Crippen LogP contribution in [0, 0.1) is 5.41 Å². The summed E-state index contributed by atoms with van der Waals surface area (Å²) in [4.78, 5) is 28.0. The van der Waals surface area contributed by atoms with Crippen LogP contribution in [0.5, 0.6) is 0 Å². The van der Waals surface area contributed by atoms with Crippen LogP contribution in [-0.2, 0) is 4.79 Å². The maximum absolute atomic E-state index is 12.4. The molecule has 1 aliphatic heterocycles. The lowest BCUT2D eigenvalue weighted by molar-refractivity contribution is -0.137. The first-order valence-electron chi connectivity index (χ1n) is 6.85. The molecule has 3 rings (SSSR count). The van der Waals surface area contributed by atoms with Crippen molar-refractivity contribution in [1.29, 1.82) is 0 Å². The Hall–Kier alpha value is -1.20. The standard InChI is InChI=1S/C14H16Cl2N2O3/c1-13(9-14(13,15)16)12(20)18-6-4-17(5-7-18)11(19)10-3-2-8-21-10/h2-3,8H,4-7,9H2,1H3/t13-/m0/s1. The third-order valence-corrected chi connectivity index (χ3v) is 5.42. The molecular weight excluding hydrogens is 315 g/mol. The van der Waals surface area contributed by atoms with Gasteiger partial charge in [-0.1, -0.05) is 0 Å². The molecule has 1 saturated carbocycles. The zero-order valence-electron chi connectivity index (χ0n) is 11.6. The van der Waals surface area contributed by atoms with E-state index in [-0.39, 0.29) is 11.8 Å². The third kappa shape index (κ3) is 2.42. The van der Waals surface area contributed by atoms with Crippen LogP contribution in [0.25, 0.3) is 0 Å². The highest BCUT2D eigenvalue weighted by molar-refractivity contribution is 6.53. The van der Waals surface area contributed by atoms with Crippen LogP contribution < -0.4 is 0 Å². The molecule has 0 bridgehead atoms. The summed E-state index contributed by atoms with van der Waals surface area (Å²) in [6.07, 6.45) is 1.95. The van der Waals surface area contributed by atoms with Crippen LogP contribution in [0.3, 0.4) is 0 Å². The van der Waals surface area contributed by atoms with E-state index >= 15 is 0 Å². The van der Waals surface area contributed by atoms with Crippen molar-refractivity contribution in [1.82, 2.24) is 9.80 Å². The molecule has 1 aromatic heterocycles. The largest absolute Gasteiger partial charge is 0.459 e. The zero-order valence-corrected chi connectivity index (χ0v) is 13.2. The van der Waals surface area contributed by atoms with E-state index in [4.69, 9.17) is 27.6 Å². The number of amides is 2. The van der Waals surface area contributed by atoms with Gasteiger partial charge in [0.15, 0.2) is 5.76 Å². The fraction of sp³-hybridized carbons (Fsp3) is 0.571. The zero-order chi connectivity index (χ0) is 15.3. The van der Waals surface area contributed by atoms with E-state index in [0.29, 0.717) is 38.4 Å². The van der Waals surface area contributed by atoms with Crippen molar-refractivity contribution < 1.29 is 14.0 Å². The van der Waals surface area contributed by atoms with Gasteiger partial charge in [-0.3, -0.25) is 9.59 Å². The molecular formula is C14H16Cl2N2O3. The molecule has 0 aromatic carbocycles. The van der Waals surface area contributed by atoms with Gasteiger partial charge in [-0.2, -0.15) is 0 Å². The van der Waals surface area contributed by atoms with Gasteiger partial charge in [0.25, 0.3) is 5.91 Å². The predicted molar refractivity (Wildman–Crippen MR) is 78.4 cm³/mol. The molecule has 5 nitrogen and oxygen atoms in total. The fourth-order valence-corrected chi connectivity index (χ4v) is 3.35. The number of hydrogen-bond acceptors (Lipinski definition) is 3. The Kier molecular flexibility index (Phi) is 3.45. The van der Waals surface area contributed by atoms with E-state index in [9.17, 15) is 9.59 Å². The maximum atomic E-state index is 12.4. The highest BCUT2D eigenvalue weighted by atomic mass is 35.5. The number of rotatable bonds is 2. The van der Waals surface area contributed by atoms with Gasteiger partial charge in [0.2, 0.25) is 5.91 Å². The van der Waals surface area contributed by atoms with Crippen molar-refractivity contribution in [2.45, 2.75) is 17.7 Å². The normalized spacial score (nSPS) is 27.6. The second kappa shape index (κ2) is 4.92. The smallest absolute Gasteiger partial charge is 0.289 e. The van der Waals surface area contributed by atoms with E-state index in [0.717, 1.165) is 0 Å². The molecule has 1 saturated heterocycles. The van der Waals surface area contributed by atoms with Crippen LogP contribution in [0.4, 0.5) is 0 Å². The van der Waals surface area contributed by atoms with Gasteiger partial charge in [-0.15, -0.1) is 23.2 Å². The molecule has 1 atom stereocenters. The summed E-state index contributed by atoms with van der Waals surface area (Å²) in [5, 5.41) is 0. The Bertz CT molecular complexity index is 565. The van der Waals surface area contributed by atoms with Crippen LogP contribution >= 0.6 is 23.2 Å². The van der Waals surface area contributed by atoms with Gasteiger partial charge >= 0.3 is 0 Å². The summed E-state index contributed by atoms with van der Waals surface area (Å²) < 4.78 is 4.15. The van der Waals surface area contributed by atoms with E-state index in [1.54, 1.807) is 28.9 Å². The Morgan fingerprint density at radius 1 is 1.19 bits per heavy atom. The summed E-state index contributed by atoms with van der Waals surface area (Å²) in [6, 6.07) is 3.32. The molecule has 1 aliphatic carbocycles. The van der Waals surface area contributed by atoms with E-state index in [2.05, 4.69) is 0 Å². The molecule has 0 radical (unpaired) electrons. The average Bonchev–Trinajstić information content (AvgIpc) is 2.88. The molecule has 2 aliphatic rings. The van der Waals surface area contributed by atoms with Crippen molar-refractivity contribution in [3.8, 4) is 0 Å². The fourth-order valence-electron chi connectivity index (χ4n) is 2.65. The number of hydrogen-bond donors (Lipinski definition) is 0. The number of carbonyl (C=O) groups excluding carboxylic acids is 2. The number of piperazine rings is 1. The van der Waals surface area contributed by atoms with Crippen molar-refractivity contribution >= 4 is 35.0 Å². The van der Waals surface area contributed by atoms with Crippen molar-refractivity contribution in [3.05, 3.63) is 24.2 Å². The summed E-state index contributed by atoms with van der Waals surface area (Å²) in [5.74, 6) is 0.149. The summed E-state index contributed by atoms with van der Waals surface area (Å²) in [5.41, 5.74) is -0.691. The van der Waals surface area contributed by atoms with Gasteiger partial charge < -0.3 is 14.2 Å². The highest BCUT2D eigenvalue weighted by Crippen LogP contribution is 2.64. The monoisotopic (exact) mass is 330 g/mol.